The van der Waals surface area contributed by atoms with Gasteiger partial charge in [-0.2, -0.15) is 0 Å². The van der Waals surface area contributed by atoms with Crippen LogP contribution in [0.25, 0.3) is 11.1 Å². The number of nitrogens with zero attached hydrogens (tertiary/aromatic N) is 1. The molecule has 5 nitrogen and oxygen atoms in total. The van der Waals surface area contributed by atoms with Gasteiger partial charge >= 0.3 is 0 Å². The van der Waals surface area contributed by atoms with E-state index < -0.39 is 5.82 Å². The summed E-state index contributed by atoms with van der Waals surface area (Å²) in [6, 6.07) is 23.7. The lowest BCUT2D eigenvalue weighted by Crippen LogP contribution is -2.39. The van der Waals surface area contributed by atoms with Crippen LogP contribution < -0.4 is 10.6 Å². The zero-order chi connectivity index (χ0) is 22.2. The lowest BCUT2D eigenvalue weighted by Gasteiger charge is -2.19. The number of anilines is 1. The van der Waals surface area contributed by atoms with E-state index in [-0.39, 0.29) is 30.9 Å². The average Bonchev–Trinajstić information content (AvgIpc) is 2.74. The molecular weight excluding hydrogens is 393 g/mol. The summed E-state index contributed by atoms with van der Waals surface area (Å²) in [4.78, 5) is 26.1. The SMILES string of the molecule is CC(NC(=O)CN(C)CC(=O)Nc1cccc(F)c1)c1ccc(-c2ccccc2)cc1. The number of amides is 2. The van der Waals surface area contributed by atoms with Crippen LogP contribution in [0.1, 0.15) is 18.5 Å². The Morgan fingerprint density at radius 3 is 2.19 bits per heavy atom. The molecule has 3 rings (SSSR count). The van der Waals surface area contributed by atoms with Gasteiger partial charge in [0.2, 0.25) is 11.8 Å². The predicted octanol–water partition coefficient (Wildman–Crippen LogP) is 4.24. The Morgan fingerprint density at radius 2 is 1.52 bits per heavy atom. The lowest BCUT2D eigenvalue weighted by atomic mass is 10.0. The summed E-state index contributed by atoms with van der Waals surface area (Å²) in [5, 5.41) is 5.57. The van der Waals surface area contributed by atoms with Gasteiger partial charge in [0.25, 0.3) is 0 Å². The molecule has 0 fully saturated rings. The smallest absolute Gasteiger partial charge is 0.238 e. The molecular formula is C25H26FN3O2. The van der Waals surface area contributed by atoms with Crippen LogP contribution in [-0.2, 0) is 9.59 Å². The van der Waals surface area contributed by atoms with Crippen LogP contribution in [0.2, 0.25) is 0 Å². The van der Waals surface area contributed by atoms with Gasteiger partial charge in [0.1, 0.15) is 5.82 Å². The fourth-order valence-electron chi connectivity index (χ4n) is 3.28. The number of carbonyl (C=O) groups is 2. The van der Waals surface area contributed by atoms with Gasteiger partial charge in [-0.05, 0) is 48.9 Å². The van der Waals surface area contributed by atoms with E-state index in [1.807, 2.05) is 49.4 Å². The Balaban J connectivity index is 1.47. The second kappa shape index (κ2) is 10.5. The summed E-state index contributed by atoms with van der Waals surface area (Å²) >= 11 is 0. The molecule has 0 bridgehead atoms. The topological polar surface area (TPSA) is 61.4 Å². The molecule has 2 amide bonds. The summed E-state index contributed by atoms with van der Waals surface area (Å²) in [7, 11) is 1.68. The van der Waals surface area contributed by atoms with Gasteiger partial charge in [0.05, 0.1) is 19.1 Å². The normalized spacial score (nSPS) is 11.7. The molecule has 1 atom stereocenters. The predicted molar refractivity (Wildman–Crippen MR) is 121 cm³/mol. The van der Waals surface area contributed by atoms with Crippen molar-refractivity contribution in [2.24, 2.45) is 0 Å². The largest absolute Gasteiger partial charge is 0.348 e. The maximum atomic E-state index is 13.2. The van der Waals surface area contributed by atoms with Gasteiger partial charge in [-0.1, -0.05) is 60.7 Å². The maximum absolute atomic E-state index is 13.2. The third kappa shape index (κ3) is 6.76. The molecule has 160 valence electrons. The summed E-state index contributed by atoms with van der Waals surface area (Å²) in [6.07, 6.45) is 0. The zero-order valence-electron chi connectivity index (χ0n) is 17.6. The summed E-state index contributed by atoms with van der Waals surface area (Å²) in [5.74, 6) is -0.914. The van der Waals surface area contributed by atoms with Crippen molar-refractivity contribution in [3.63, 3.8) is 0 Å². The third-order valence-electron chi connectivity index (χ3n) is 4.83. The molecule has 3 aromatic carbocycles. The minimum Gasteiger partial charge on any atom is -0.348 e. The van der Waals surface area contributed by atoms with E-state index >= 15 is 0 Å². The minimum absolute atomic E-state index is 0.0179. The fraction of sp³-hybridized carbons (Fsp3) is 0.200. The number of carbonyl (C=O) groups excluding carboxylic acids is 2. The molecule has 0 aromatic heterocycles. The lowest BCUT2D eigenvalue weighted by molar-refractivity contribution is -0.123. The molecule has 0 saturated carbocycles. The summed E-state index contributed by atoms with van der Waals surface area (Å²) in [6.45, 7) is 2.01. The van der Waals surface area contributed by atoms with Gasteiger partial charge in [0.15, 0.2) is 0 Å². The highest BCUT2D eigenvalue weighted by molar-refractivity contribution is 5.92. The van der Waals surface area contributed by atoms with Crippen molar-refractivity contribution in [3.8, 4) is 11.1 Å². The van der Waals surface area contributed by atoms with Crippen molar-refractivity contribution in [3.05, 3.63) is 90.2 Å². The van der Waals surface area contributed by atoms with Gasteiger partial charge in [-0.25, -0.2) is 4.39 Å². The van der Waals surface area contributed by atoms with Crippen LogP contribution in [0.4, 0.5) is 10.1 Å². The van der Waals surface area contributed by atoms with Crippen LogP contribution in [0, 0.1) is 5.82 Å². The Morgan fingerprint density at radius 1 is 0.871 bits per heavy atom. The van der Waals surface area contributed by atoms with Gasteiger partial charge in [0, 0.05) is 5.69 Å². The second-order valence-electron chi connectivity index (χ2n) is 7.51. The van der Waals surface area contributed by atoms with Gasteiger partial charge < -0.3 is 10.6 Å². The van der Waals surface area contributed by atoms with Crippen molar-refractivity contribution in [1.82, 2.24) is 10.2 Å². The molecule has 0 aliphatic carbocycles. The maximum Gasteiger partial charge on any atom is 0.238 e. The van der Waals surface area contributed by atoms with Crippen LogP contribution in [0.5, 0.6) is 0 Å². The van der Waals surface area contributed by atoms with E-state index in [2.05, 4.69) is 22.8 Å². The van der Waals surface area contributed by atoms with Gasteiger partial charge in [-0.3, -0.25) is 14.5 Å². The monoisotopic (exact) mass is 419 g/mol. The molecule has 6 heteroatoms. The first kappa shape index (κ1) is 22.2. The highest BCUT2D eigenvalue weighted by Gasteiger charge is 2.14. The van der Waals surface area contributed by atoms with E-state index in [9.17, 15) is 14.0 Å². The van der Waals surface area contributed by atoms with E-state index in [4.69, 9.17) is 0 Å². The van der Waals surface area contributed by atoms with Crippen LogP contribution in [-0.4, -0.2) is 36.9 Å². The number of nitrogens with one attached hydrogen (secondary N) is 2. The van der Waals surface area contributed by atoms with E-state index in [0.29, 0.717) is 5.69 Å². The first-order valence-corrected chi connectivity index (χ1v) is 10.1. The summed E-state index contributed by atoms with van der Waals surface area (Å²) in [5.41, 5.74) is 3.64. The Labute approximate surface area is 181 Å². The number of rotatable bonds is 8. The Hall–Kier alpha value is -3.51. The molecule has 0 aliphatic rings. The van der Waals surface area contributed by atoms with Crippen molar-refractivity contribution < 1.29 is 14.0 Å². The zero-order valence-corrected chi connectivity index (χ0v) is 17.6. The van der Waals surface area contributed by atoms with Crippen molar-refractivity contribution >= 4 is 17.5 Å². The molecule has 0 aliphatic heterocycles. The van der Waals surface area contributed by atoms with E-state index in [1.54, 1.807) is 18.0 Å². The first-order valence-electron chi connectivity index (χ1n) is 10.1. The number of hydrogen-bond acceptors (Lipinski definition) is 3. The highest BCUT2D eigenvalue weighted by atomic mass is 19.1. The van der Waals surface area contributed by atoms with E-state index in [0.717, 1.165) is 16.7 Å². The molecule has 0 saturated heterocycles. The van der Waals surface area contributed by atoms with Crippen LogP contribution in [0.3, 0.4) is 0 Å². The van der Waals surface area contributed by atoms with Crippen molar-refractivity contribution in [2.45, 2.75) is 13.0 Å². The summed E-state index contributed by atoms with van der Waals surface area (Å²) < 4.78 is 13.2. The Bertz CT molecular complexity index is 1020. The van der Waals surface area contributed by atoms with Crippen LogP contribution in [0.15, 0.2) is 78.9 Å². The molecule has 1 unspecified atom stereocenters. The third-order valence-corrected chi connectivity index (χ3v) is 4.83. The molecule has 0 heterocycles. The quantitative estimate of drug-likeness (QED) is 0.574. The number of halogens is 1. The molecule has 31 heavy (non-hydrogen) atoms. The molecule has 3 aromatic rings. The minimum atomic E-state index is -0.420. The number of benzene rings is 3. The molecule has 0 radical (unpaired) electrons. The van der Waals surface area contributed by atoms with Gasteiger partial charge in [-0.15, -0.1) is 0 Å². The average molecular weight is 420 g/mol. The Kier molecular flexibility index (Phi) is 7.51. The first-order chi connectivity index (χ1) is 14.9. The standard InChI is InChI=1S/C25H26FN3O2/c1-18(19-11-13-21(14-12-19)20-7-4-3-5-8-20)27-24(30)16-29(2)17-25(31)28-23-10-6-9-22(26)15-23/h3-15,18H,16-17H2,1-2H3,(H,27,30)(H,28,31). The van der Waals surface area contributed by atoms with E-state index in [1.165, 1.54) is 18.2 Å². The fourth-order valence-corrected chi connectivity index (χ4v) is 3.28. The van der Waals surface area contributed by atoms with Crippen molar-refractivity contribution in [2.75, 3.05) is 25.5 Å². The second-order valence-corrected chi connectivity index (χ2v) is 7.51. The van der Waals surface area contributed by atoms with Crippen molar-refractivity contribution in [1.29, 1.82) is 0 Å². The van der Waals surface area contributed by atoms with Crippen LogP contribution >= 0.6 is 0 Å². The number of hydrogen-bond donors (Lipinski definition) is 2. The highest BCUT2D eigenvalue weighted by Crippen LogP contribution is 2.21. The molecule has 2 N–H and O–H groups in total. The molecule has 0 spiro atoms. The number of likely N-dealkylation sites (N-methyl/N-ethyl adjacent to an activating group) is 1.